The van der Waals surface area contributed by atoms with Crippen molar-refractivity contribution >= 4 is 21.2 Å². The van der Waals surface area contributed by atoms with E-state index in [2.05, 4.69) is 9.17 Å². The van der Waals surface area contributed by atoms with E-state index in [1.807, 2.05) is 6.07 Å². The minimum Gasteiger partial charge on any atom is -0.436 e. The average Bonchev–Trinajstić information content (AvgIpc) is 3.41. The van der Waals surface area contributed by atoms with Gasteiger partial charge in [0, 0.05) is 11.5 Å². The molecule has 3 aromatic rings. The van der Waals surface area contributed by atoms with Gasteiger partial charge >= 0.3 is 15.6 Å². The van der Waals surface area contributed by atoms with Crippen molar-refractivity contribution in [1.82, 2.24) is 4.98 Å². The summed E-state index contributed by atoms with van der Waals surface area (Å²) in [4.78, 5) is 4.25. The van der Waals surface area contributed by atoms with Crippen LogP contribution in [0.4, 0.5) is 13.2 Å². The third-order valence-electron chi connectivity index (χ3n) is 4.64. The Bertz CT molecular complexity index is 1250. The summed E-state index contributed by atoms with van der Waals surface area (Å²) in [6.45, 7) is 1.50. The molecule has 1 saturated carbocycles. The smallest absolute Gasteiger partial charge is 0.436 e. The van der Waals surface area contributed by atoms with Crippen LogP contribution in [0.25, 0.3) is 22.2 Å². The normalized spacial score (nSPS) is 14.7. The van der Waals surface area contributed by atoms with E-state index >= 15 is 0 Å². The van der Waals surface area contributed by atoms with E-state index in [-0.39, 0.29) is 39.6 Å². The molecule has 0 aliphatic heterocycles. The number of aromatic nitrogens is 1. The summed E-state index contributed by atoms with van der Waals surface area (Å²) >= 11 is 0. The number of oxazole rings is 1. The number of fused-ring (bicyclic) bond motifs is 1. The Morgan fingerprint density at radius 3 is 2.45 bits per heavy atom. The predicted molar refractivity (Wildman–Crippen MR) is 96.5 cm³/mol. The highest BCUT2D eigenvalue weighted by Crippen LogP contribution is 2.47. The number of rotatable bonds is 4. The molecule has 0 amide bonds. The standard InChI is InChI=1S/C19H13F3N2O4S/c1-10-13(9-23)15-17(27-18(24-15)12-7-8-12)16(28-29(25,26)19(20,21)22)14(10)11-5-3-2-4-6-11/h2-6,12H,7-8H2,1H3. The fraction of sp³-hybridized carbons (Fsp3) is 0.263. The van der Waals surface area contributed by atoms with Crippen molar-refractivity contribution in [2.45, 2.75) is 31.2 Å². The Hall–Kier alpha value is -3.06. The largest absolute Gasteiger partial charge is 0.534 e. The van der Waals surface area contributed by atoms with Gasteiger partial charge in [0.25, 0.3) is 0 Å². The van der Waals surface area contributed by atoms with Crippen LogP contribution in [0.2, 0.25) is 0 Å². The van der Waals surface area contributed by atoms with E-state index < -0.39 is 21.4 Å². The first-order chi connectivity index (χ1) is 13.6. The fourth-order valence-corrected chi connectivity index (χ4v) is 3.55. The lowest BCUT2D eigenvalue weighted by Gasteiger charge is -2.16. The summed E-state index contributed by atoms with van der Waals surface area (Å²) in [6.07, 6.45) is 1.58. The van der Waals surface area contributed by atoms with Crippen molar-refractivity contribution in [1.29, 1.82) is 5.26 Å². The molecule has 6 nitrogen and oxygen atoms in total. The SMILES string of the molecule is Cc1c(-c2ccccc2)c(OS(=O)(=O)C(F)(F)F)c2oc(C3CC3)nc2c1C#N. The Balaban J connectivity index is 2.08. The molecule has 0 bridgehead atoms. The van der Waals surface area contributed by atoms with Gasteiger partial charge in [-0.05, 0) is 30.9 Å². The number of benzene rings is 2. The van der Waals surface area contributed by atoms with Crippen LogP contribution in [-0.4, -0.2) is 18.9 Å². The molecular formula is C19H13F3N2O4S. The van der Waals surface area contributed by atoms with Gasteiger partial charge in [0.15, 0.2) is 17.2 Å². The van der Waals surface area contributed by atoms with Crippen LogP contribution in [0, 0.1) is 18.3 Å². The van der Waals surface area contributed by atoms with Crippen LogP contribution in [0.3, 0.4) is 0 Å². The Kier molecular flexibility index (Phi) is 4.31. The monoisotopic (exact) mass is 422 g/mol. The summed E-state index contributed by atoms with van der Waals surface area (Å²) in [5.41, 5.74) is -5.20. The van der Waals surface area contributed by atoms with E-state index in [0.29, 0.717) is 5.56 Å². The highest BCUT2D eigenvalue weighted by atomic mass is 32.2. The van der Waals surface area contributed by atoms with Crippen molar-refractivity contribution in [3.63, 3.8) is 0 Å². The van der Waals surface area contributed by atoms with Crippen LogP contribution in [0.1, 0.15) is 35.8 Å². The maximum absolute atomic E-state index is 13.0. The van der Waals surface area contributed by atoms with Gasteiger partial charge < -0.3 is 8.60 Å². The maximum Gasteiger partial charge on any atom is 0.534 e. The first-order valence-corrected chi connectivity index (χ1v) is 9.98. The molecule has 10 heteroatoms. The third kappa shape index (κ3) is 3.21. The van der Waals surface area contributed by atoms with Crippen molar-refractivity contribution < 1.29 is 30.2 Å². The van der Waals surface area contributed by atoms with Gasteiger partial charge in [0.1, 0.15) is 11.6 Å². The Morgan fingerprint density at radius 1 is 1.24 bits per heavy atom. The Labute approximate surface area is 163 Å². The molecule has 2 aromatic carbocycles. The third-order valence-corrected chi connectivity index (χ3v) is 5.59. The molecule has 1 fully saturated rings. The van der Waals surface area contributed by atoms with E-state index in [1.165, 1.54) is 6.92 Å². The number of hydrogen-bond donors (Lipinski definition) is 0. The van der Waals surface area contributed by atoms with Gasteiger partial charge in [0.05, 0.1) is 5.56 Å². The van der Waals surface area contributed by atoms with Crippen molar-refractivity contribution in [3.8, 4) is 22.9 Å². The molecule has 0 saturated heterocycles. The highest BCUT2D eigenvalue weighted by Gasteiger charge is 2.49. The second-order valence-corrected chi connectivity index (χ2v) is 8.21. The van der Waals surface area contributed by atoms with Crippen LogP contribution in [0.5, 0.6) is 5.75 Å². The van der Waals surface area contributed by atoms with Crippen LogP contribution in [0.15, 0.2) is 34.7 Å². The van der Waals surface area contributed by atoms with Gasteiger partial charge in [-0.15, -0.1) is 0 Å². The van der Waals surface area contributed by atoms with Crippen LogP contribution in [-0.2, 0) is 10.1 Å². The lowest BCUT2D eigenvalue weighted by molar-refractivity contribution is -0.0499. The zero-order valence-corrected chi connectivity index (χ0v) is 15.8. The number of hydrogen-bond acceptors (Lipinski definition) is 6. The van der Waals surface area contributed by atoms with Gasteiger partial charge in [-0.2, -0.15) is 26.9 Å². The number of halogens is 3. The van der Waals surface area contributed by atoms with Crippen molar-refractivity contribution in [2.24, 2.45) is 0 Å². The summed E-state index contributed by atoms with van der Waals surface area (Å²) in [7, 11) is -5.98. The summed E-state index contributed by atoms with van der Waals surface area (Å²) in [5, 5.41) is 9.63. The number of alkyl halides is 3. The maximum atomic E-state index is 13.0. The van der Waals surface area contributed by atoms with Crippen LogP contribution < -0.4 is 4.18 Å². The van der Waals surface area contributed by atoms with E-state index in [4.69, 9.17) is 4.42 Å². The molecule has 29 heavy (non-hydrogen) atoms. The topological polar surface area (TPSA) is 93.2 Å². The number of nitriles is 1. The molecule has 4 rings (SSSR count). The molecule has 0 atom stereocenters. The minimum absolute atomic E-state index is 0.0125. The lowest BCUT2D eigenvalue weighted by Crippen LogP contribution is -2.28. The molecule has 0 unspecified atom stereocenters. The van der Waals surface area contributed by atoms with E-state index in [9.17, 15) is 26.9 Å². The molecule has 0 spiro atoms. The quantitative estimate of drug-likeness (QED) is 0.444. The molecule has 150 valence electrons. The molecule has 1 heterocycles. The molecule has 1 aliphatic carbocycles. The van der Waals surface area contributed by atoms with Gasteiger partial charge in [-0.25, -0.2) is 4.98 Å². The van der Waals surface area contributed by atoms with Gasteiger partial charge in [0.2, 0.25) is 0 Å². The zero-order chi connectivity index (χ0) is 21.0. The number of nitrogens with zero attached hydrogens (tertiary/aromatic N) is 2. The van der Waals surface area contributed by atoms with Crippen molar-refractivity contribution in [2.75, 3.05) is 0 Å². The lowest BCUT2D eigenvalue weighted by atomic mass is 9.94. The average molecular weight is 422 g/mol. The molecule has 0 radical (unpaired) electrons. The first kappa shape index (κ1) is 19.3. The van der Waals surface area contributed by atoms with Gasteiger partial charge in [-0.3, -0.25) is 0 Å². The first-order valence-electron chi connectivity index (χ1n) is 8.57. The molecule has 0 N–H and O–H groups in total. The molecule has 1 aliphatic rings. The van der Waals surface area contributed by atoms with Gasteiger partial charge in [-0.1, -0.05) is 30.3 Å². The van der Waals surface area contributed by atoms with E-state index in [0.717, 1.165) is 12.8 Å². The Morgan fingerprint density at radius 2 is 1.90 bits per heavy atom. The predicted octanol–water partition coefficient (Wildman–Crippen LogP) is 4.78. The highest BCUT2D eigenvalue weighted by molar-refractivity contribution is 7.88. The summed E-state index contributed by atoms with van der Waals surface area (Å²) in [5.74, 6) is -0.392. The molecule has 1 aromatic heterocycles. The second kappa shape index (κ2) is 6.49. The van der Waals surface area contributed by atoms with Crippen molar-refractivity contribution in [3.05, 3.63) is 47.3 Å². The molecular weight excluding hydrogens is 409 g/mol. The second-order valence-electron chi connectivity index (χ2n) is 6.67. The zero-order valence-electron chi connectivity index (χ0n) is 14.9. The summed E-state index contributed by atoms with van der Waals surface area (Å²) < 4.78 is 72.9. The minimum atomic E-state index is -5.98. The summed E-state index contributed by atoms with van der Waals surface area (Å²) in [6, 6.07) is 10.1. The van der Waals surface area contributed by atoms with Crippen LogP contribution >= 0.6 is 0 Å². The van der Waals surface area contributed by atoms with E-state index in [1.54, 1.807) is 30.3 Å². The fourth-order valence-electron chi connectivity index (χ4n) is 3.08.